The molecule has 0 atom stereocenters. The highest BCUT2D eigenvalue weighted by Crippen LogP contribution is 2.32. The fourth-order valence-electron chi connectivity index (χ4n) is 4.29. The van der Waals surface area contributed by atoms with E-state index in [0.29, 0.717) is 54.1 Å². The molecule has 0 spiro atoms. The molecule has 6 nitrogen and oxygen atoms in total. The van der Waals surface area contributed by atoms with Crippen LogP contribution in [0.15, 0.2) is 77.2 Å². The van der Waals surface area contributed by atoms with Gasteiger partial charge in [0.25, 0.3) is 5.91 Å². The number of fused-ring (bicyclic) bond motifs is 1. The highest BCUT2D eigenvalue weighted by atomic mass is 19.1. The molecule has 8 heteroatoms. The molecule has 0 bridgehead atoms. The highest BCUT2D eigenvalue weighted by molar-refractivity contribution is 6.11. The van der Waals surface area contributed by atoms with Crippen LogP contribution in [0.25, 0.3) is 11.0 Å². The molecule has 1 aromatic heterocycles. The standard InChI is InChI=1S/C27H23F2N3O3/c28-19-11-9-18(10-12-19)17-24(33)30-25-20-5-1-4-8-23(20)35-26(25)27(34)32-15-13-31(14-16-32)22-7-3-2-6-21(22)29/h1-12H,13-17H2,(H,30,33). The van der Waals surface area contributed by atoms with Crippen LogP contribution in [0.3, 0.4) is 0 Å². The molecule has 2 heterocycles. The first-order valence-corrected chi connectivity index (χ1v) is 11.3. The van der Waals surface area contributed by atoms with Crippen LogP contribution in [0.4, 0.5) is 20.2 Å². The molecule has 4 aromatic rings. The summed E-state index contributed by atoms with van der Waals surface area (Å²) in [5.41, 5.74) is 1.96. The number of carbonyl (C=O) groups excluding carboxylic acids is 2. The summed E-state index contributed by atoms with van der Waals surface area (Å²) in [4.78, 5) is 29.8. The van der Waals surface area contributed by atoms with Gasteiger partial charge in [-0.1, -0.05) is 36.4 Å². The second-order valence-electron chi connectivity index (χ2n) is 8.38. The molecular weight excluding hydrogens is 452 g/mol. The van der Waals surface area contributed by atoms with Crippen LogP contribution in [0.1, 0.15) is 16.1 Å². The van der Waals surface area contributed by atoms with Crippen molar-refractivity contribution in [3.63, 3.8) is 0 Å². The van der Waals surface area contributed by atoms with Gasteiger partial charge in [-0.2, -0.15) is 0 Å². The third-order valence-electron chi connectivity index (χ3n) is 6.09. The molecule has 0 unspecified atom stereocenters. The van der Waals surface area contributed by atoms with Crippen LogP contribution in [0.5, 0.6) is 0 Å². The molecule has 3 aromatic carbocycles. The summed E-state index contributed by atoms with van der Waals surface area (Å²) in [6.45, 7) is 1.71. The number of para-hydroxylation sites is 2. The van der Waals surface area contributed by atoms with Crippen molar-refractivity contribution in [3.8, 4) is 0 Å². The molecule has 1 fully saturated rings. The first-order valence-electron chi connectivity index (χ1n) is 11.3. The minimum atomic E-state index is -0.377. The third kappa shape index (κ3) is 4.73. The monoisotopic (exact) mass is 475 g/mol. The Morgan fingerprint density at radius 2 is 1.54 bits per heavy atom. The van der Waals surface area contributed by atoms with E-state index in [-0.39, 0.29) is 35.6 Å². The molecule has 178 valence electrons. The molecule has 1 N–H and O–H groups in total. The highest BCUT2D eigenvalue weighted by Gasteiger charge is 2.29. The Morgan fingerprint density at radius 1 is 0.857 bits per heavy atom. The average molecular weight is 475 g/mol. The second-order valence-corrected chi connectivity index (χ2v) is 8.38. The summed E-state index contributed by atoms with van der Waals surface area (Å²) in [6.07, 6.45) is 0.0226. The lowest BCUT2D eigenvalue weighted by Gasteiger charge is -2.35. The van der Waals surface area contributed by atoms with Gasteiger partial charge in [-0.15, -0.1) is 0 Å². The molecular formula is C27H23F2N3O3. The largest absolute Gasteiger partial charge is 0.449 e. The Morgan fingerprint density at radius 3 is 2.29 bits per heavy atom. The van der Waals surface area contributed by atoms with Gasteiger partial charge in [0.05, 0.1) is 12.1 Å². The number of amides is 2. The van der Waals surface area contributed by atoms with Gasteiger partial charge in [-0.25, -0.2) is 8.78 Å². The SMILES string of the molecule is O=C(Cc1ccc(F)cc1)Nc1c(C(=O)N2CCN(c3ccccc3F)CC2)oc2ccccc12. The van der Waals surface area contributed by atoms with Crippen LogP contribution in [0.2, 0.25) is 0 Å². The van der Waals surface area contributed by atoms with Crippen molar-refractivity contribution < 1.29 is 22.8 Å². The number of furan rings is 1. The van der Waals surface area contributed by atoms with Gasteiger partial charge in [0.15, 0.2) is 0 Å². The van der Waals surface area contributed by atoms with Gasteiger partial charge < -0.3 is 19.5 Å². The number of nitrogens with zero attached hydrogens (tertiary/aromatic N) is 2. The van der Waals surface area contributed by atoms with E-state index in [1.54, 1.807) is 59.5 Å². The number of piperazine rings is 1. The number of halogens is 2. The molecule has 0 saturated carbocycles. The third-order valence-corrected chi connectivity index (χ3v) is 6.09. The van der Waals surface area contributed by atoms with E-state index in [4.69, 9.17) is 4.42 Å². The summed E-state index contributed by atoms with van der Waals surface area (Å²) >= 11 is 0. The lowest BCUT2D eigenvalue weighted by Crippen LogP contribution is -2.49. The quantitative estimate of drug-likeness (QED) is 0.448. The summed E-state index contributed by atoms with van der Waals surface area (Å²) in [5.74, 6) is -1.31. The smallest absolute Gasteiger partial charge is 0.291 e. The lowest BCUT2D eigenvalue weighted by atomic mass is 10.1. The summed E-state index contributed by atoms with van der Waals surface area (Å²) < 4.78 is 33.2. The molecule has 0 aliphatic carbocycles. The van der Waals surface area contributed by atoms with Crippen LogP contribution in [-0.4, -0.2) is 42.9 Å². The van der Waals surface area contributed by atoms with Crippen molar-refractivity contribution in [3.05, 3.63) is 95.8 Å². The first kappa shape index (κ1) is 22.6. The second kappa shape index (κ2) is 9.58. The normalized spacial score (nSPS) is 13.8. The van der Waals surface area contributed by atoms with Crippen molar-refractivity contribution >= 4 is 34.2 Å². The Bertz CT molecular complexity index is 1380. The van der Waals surface area contributed by atoms with E-state index in [0.717, 1.165) is 0 Å². The fraction of sp³-hybridized carbons (Fsp3) is 0.185. The van der Waals surface area contributed by atoms with Gasteiger partial charge in [0.1, 0.15) is 22.9 Å². The summed E-state index contributed by atoms with van der Waals surface area (Å²) in [5, 5.41) is 3.44. The molecule has 1 saturated heterocycles. The maximum Gasteiger partial charge on any atom is 0.291 e. The minimum Gasteiger partial charge on any atom is -0.449 e. The number of carbonyl (C=O) groups is 2. The molecule has 2 amide bonds. The van der Waals surface area contributed by atoms with Crippen molar-refractivity contribution in [2.24, 2.45) is 0 Å². The average Bonchev–Trinajstić information content (AvgIpc) is 3.23. The predicted octanol–water partition coefficient (Wildman–Crippen LogP) is 4.85. The number of hydrogen-bond acceptors (Lipinski definition) is 4. The molecule has 1 aliphatic heterocycles. The number of nitrogens with one attached hydrogen (secondary N) is 1. The Kier molecular flexibility index (Phi) is 6.18. The van der Waals surface area contributed by atoms with E-state index in [2.05, 4.69) is 5.32 Å². The van der Waals surface area contributed by atoms with Crippen LogP contribution < -0.4 is 10.2 Å². The zero-order valence-electron chi connectivity index (χ0n) is 18.8. The number of benzene rings is 3. The Balaban J connectivity index is 1.35. The topological polar surface area (TPSA) is 65.8 Å². The van der Waals surface area contributed by atoms with Gasteiger partial charge in [-0.3, -0.25) is 9.59 Å². The van der Waals surface area contributed by atoms with Crippen molar-refractivity contribution in [2.75, 3.05) is 36.4 Å². The zero-order chi connectivity index (χ0) is 24.4. The molecule has 35 heavy (non-hydrogen) atoms. The number of rotatable bonds is 5. The maximum absolute atomic E-state index is 14.2. The number of hydrogen-bond donors (Lipinski definition) is 1. The van der Waals surface area contributed by atoms with E-state index in [9.17, 15) is 18.4 Å². The van der Waals surface area contributed by atoms with Crippen molar-refractivity contribution in [1.82, 2.24) is 4.90 Å². The minimum absolute atomic E-state index is 0.0226. The van der Waals surface area contributed by atoms with Crippen molar-refractivity contribution in [2.45, 2.75) is 6.42 Å². The van der Waals surface area contributed by atoms with Crippen LogP contribution >= 0.6 is 0 Å². The van der Waals surface area contributed by atoms with E-state index >= 15 is 0 Å². The zero-order valence-corrected chi connectivity index (χ0v) is 18.8. The Hall–Kier alpha value is -4.20. The summed E-state index contributed by atoms with van der Waals surface area (Å²) in [7, 11) is 0. The van der Waals surface area contributed by atoms with Gasteiger partial charge in [0.2, 0.25) is 11.7 Å². The fourth-order valence-corrected chi connectivity index (χ4v) is 4.29. The van der Waals surface area contributed by atoms with Crippen LogP contribution in [-0.2, 0) is 11.2 Å². The predicted molar refractivity (Wildman–Crippen MR) is 129 cm³/mol. The van der Waals surface area contributed by atoms with Gasteiger partial charge in [0, 0.05) is 31.6 Å². The lowest BCUT2D eigenvalue weighted by molar-refractivity contribution is -0.115. The van der Waals surface area contributed by atoms with Gasteiger partial charge in [-0.05, 0) is 42.0 Å². The van der Waals surface area contributed by atoms with E-state index in [1.807, 2.05) is 4.90 Å². The molecule has 0 radical (unpaired) electrons. The molecule has 5 rings (SSSR count). The molecule has 1 aliphatic rings. The maximum atomic E-state index is 14.2. The van der Waals surface area contributed by atoms with E-state index in [1.165, 1.54) is 18.2 Å². The van der Waals surface area contributed by atoms with E-state index < -0.39 is 0 Å². The first-order chi connectivity index (χ1) is 17.0. The number of anilines is 2. The van der Waals surface area contributed by atoms with Crippen molar-refractivity contribution in [1.29, 1.82) is 0 Å². The Labute approximate surface area is 200 Å². The summed E-state index contributed by atoms with van der Waals surface area (Å²) in [6, 6.07) is 19.4. The van der Waals surface area contributed by atoms with Gasteiger partial charge >= 0.3 is 0 Å². The van der Waals surface area contributed by atoms with Crippen LogP contribution in [0, 0.1) is 11.6 Å².